The molecule has 5 N–H and O–H groups in total. The molecule has 5 rings (SSSR count). The minimum atomic E-state index is -0.381. The van der Waals surface area contributed by atoms with Gasteiger partial charge in [-0.1, -0.05) is 31.2 Å². The van der Waals surface area contributed by atoms with E-state index in [0.717, 1.165) is 18.4 Å². The molecule has 2 aliphatic rings. The highest BCUT2D eigenvalue weighted by Gasteiger charge is 2.34. The number of rotatable bonds is 10. The van der Waals surface area contributed by atoms with Crippen LogP contribution < -0.4 is 21.1 Å². The van der Waals surface area contributed by atoms with Gasteiger partial charge in [-0.05, 0) is 74.8 Å². The maximum Gasteiger partial charge on any atom is 0.258 e. The highest BCUT2D eigenvalue weighted by atomic mass is 16.5. The molecule has 44 heavy (non-hydrogen) atoms. The minimum absolute atomic E-state index is 0.0331. The fourth-order valence-corrected chi connectivity index (χ4v) is 5.36. The lowest BCUT2D eigenvalue weighted by Gasteiger charge is -2.38. The summed E-state index contributed by atoms with van der Waals surface area (Å²) in [6.07, 6.45) is 1.52. The molecule has 3 aromatic carbocycles. The van der Waals surface area contributed by atoms with E-state index in [0.29, 0.717) is 53.6 Å². The lowest BCUT2D eigenvalue weighted by atomic mass is 9.99. The monoisotopic (exact) mass is 599 g/mol. The number of hydrogen-bond acceptors (Lipinski definition) is 7. The van der Waals surface area contributed by atoms with Crippen LogP contribution >= 0.6 is 0 Å². The molecule has 0 bridgehead atoms. The Balaban J connectivity index is 1.28. The van der Waals surface area contributed by atoms with Crippen molar-refractivity contribution in [2.45, 2.75) is 45.4 Å². The second-order valence-corrected chi connectivity index (χ2v) is 12.0. The standard InChI is InChI=1S/C34H41N5O5/c1-21-17-39(22(2)20-40)34(43)27-16-26(36-32(41)25-12-13-25)14-15-30(27)44-31(21)19-38(3)18-23-8-10-24(11-9-23)33(42)37-29-7-5-4-6-28(29)35/h4-11,14-16,21-22,25,31,40H,12-13,17-20,35H2,1-3H3,(H,36,41)(H,37,42)/t21-,22-,31-/m0/s1. The number of nitrogens with two attached hydrogens (primary N) is 1. The third-order valence-electron chi connectivity index (χ3n) is 8.25. The first-order chi connectivity index (χ1) is 21.1. The molecule has 10 nitrogen and oxygen atoms in total. The Kier molecular flexibility index (Phi) is 9.51. The summed E-state index contributed by atoms with van der Waals surface area (Å²) in [6.45, 7) is 5.31. The number of hydrogen-bond donors (Lipinski definition) is 4. The van der Waals surface area contributed by atoms with E-state index in [1.54, 1.807) is 47.4 Å². The van der Waals surface area contributed by atoms with Crippen LogP contribution in [0.2, 0.25) is 0 Å². The molecule has 3 amide bonds. The summed E-state index contributed by atoms with van der Waals surface area (Å²) in [6, 6.07) is 19.4. The summed E-state index contributed by atoms with van der Waals surface area (Å²) < 4.78 is 6.50. The van der Waals surface area contributed by atoms with E-state index in [1.165, 1.54) is 0 Å². The Morgan fingerprint density at radius 1 is 1.09 bits per heavy atom. The number of nitrogens with zero attached hydrogens (tertiary/aromatic N) is 2. The van der Waals surface area contributed by atoms with Gasteiger partial charge in [0, 0.05) is 42.7 Å². The SMILES string of the molecule is C[C@H]1CN([C@@H](C)CO)C(=O)c2cc(NC(=O)C3CC3)ccc2O[C@H]1CN(C)Cc1ccc(C(=O)Nc2ccccc2N)cc1. The first-order valence-corrected chi connectivity index (χ1v) is 15.1. The van der Waals surface area contributed by atoms with E-state index in [2.05, 4.69) is 15.5 Å². The van der Waals surface area contributed by atoms with Gasteiger partial charge in [0.15, 0.2) is 0 Å². The summed E-state index contributed by atoms with van der Waals surface area (Å²) in [5.74, 6) is -0.0419. The molecule has 1 fully saturated rings. The van der Waals surface area contributed by atoms with E-state index >= 15 is 0 Å². The van der Waals surface area contributed by atoms with Crippen molar-refractivity contribution >= 4 is 34.8 Å². The Hall–Kier alpha value is -4.41. The lowest BCUT2D eigenvalue weighted by Crippen LogP contribution is -2.49. The molecule has 0 radical (unpaired) electrons. The third-order valence-corrected chi connectivity index (χ3v) is 8.25. The van der Waals surface area contributed by atoms with Crippen LogP contribution in [0.1, 0.15) is 53.0 Å². The van der Waals surface area contributed by atoms with Crippen molar-refractivity contribution in [1.82, 2.24) is 9.80 Å². The minimum Gasteiger partial charge on any atom is -0.488 e. The van der Waals surface area contributed by atoms with Crippen LogP contribution in [0.3, 0.4) is 0 Å². The van der Waals surface area contributed by atoms with Crippen molar-refractivity contribution in [3.63, 3.8) is 0 Å². The van der Waals surface area contributed by atoms with Gasteiger partial charge >= 0.3 is 0 Å². The molecule has 0 aromatic heterocycles. The summed E-state index contributed by atoms with van der Waals surface area (Å²) in [4.78, 5) is 42.6. The zero-order valence-electron chi connectivity index (χ0n) is 25.5. The molecule has 0 saturated heterocycles. The van der Waals surface area contributed by atoms with Crippen LogP contribution in [0.15, 0.2) is 66.7 Å². The Morgan fingerprint density at radius 3 is 2.50 bits per heavy atom. The van der Waals surface area contributed by atoms with E-state index < -0.39 is 0 Å². The molecule has 1 saturated carbocycles. The third kappa shape index (κ3) is 7.38. The van der Waals surface area contributed by atoms with Gasteiger partial charge in [-0.15, -0.1) is 0 Å². The Bertz CT molecular complexity index is 1510. The summed E-state index contributed by atoms with van der Waals surface area (Å²) in [7, 11) is 2.00. The van der Waals surface area contributed by atoms with Crippen molar-refractivity contribution < 1.29 is 24.2 Å². The van der Waals surface area contributed by atoms with Crippen molar-refractivity contribution in [3.05, 3.63) is 83.4 Å². The average molecular weight is 600 g/mol. The van der Waals surface area contributed by atoms with Gasteiger partial charge in [0.05, 0.1) is 29.6 Å². The van der Waals surface area contributed by atoms with Crippen LogP contribution in [-0.4, -0.2) is 71.5 Å². The fourth-order valence-electron chi connectivity index (χ4n) is 5.36. The largest absolute Gasteiger partial charge is 0.488 e. The van der Waals surface area contributed by atoms with Gasteiger partial charge in [-0.3, -0.25) is 19.3 Å². The van der Waals surface area contributed by atoms with Crippen LogP contribution in [0, 0.1) is 11.8 Å². The number of benzene rings is 3. The van der Waals surface area contributed by atoms with E-state index in [-0.39, 0.29) is 48.3 Å². The number of para-hydroxylation sites is 2. The number of nitrogen functional groups attached to an aromatic ring is 1. The number of aliphatic hydroxyl groups excluding tert-OH is 1. The molecule has 232 valence electrons. The Labute approximate surface area is 258 Å². The van der Waals surface area contributed by atoms with E-state index in [4.69, 9.17) is 10.5 Å². The highest BCUT2D eigenvalue weighted by Crippen LogP contribution is 2.33. The maximum absolute atomic E-state index is 13.7. The molecule has 1 aliphatic heterocycles. The molecule has 3 atom stereocenters. The van der Waals surface area contributed by atoms with Gasteiger partial charge in [0.2, 0.25) is 5.91 Å². The van der Waals surface area contributed by atoms with Crippen molar-refractivity contribution in [2.75, 3.05) is 43.1 Å². The second-order valence-electron chi connectivity index (χ2n) is 12.0. The summed E-state index contributed by atoms with van der Waals surface area (Å²) in [5, 5.41) is 15.7. The zero-order chi connectivity index (χ0) is 31.4. The van der Waals surface area contributed by atoms with Gasteiger partial charge < -0.3 is 31.1 Å². The number of carbonyl (C=O) groups is 3. The number of aliphatic hydroxyl groups is 1. The van der Waals surface area contributed by atoms with Gasteiger partial charge in [-0.25, -0.2) is 0 Å². The zero-order valence-corrected chi connectivity index (χ0v) is 25.5. The molecule has 10 heteroatoms. The number of ether oxygens (including phenoxy) is 1. The molecular weight excluding hydrogens is 558 g/mol. The lowest BCUT2D eigenvalue weighted by molar-refractivity contribution is -0.117. The number of nitrogens with one attached hydrogen (secondary N) is 2. The second kappa shape index (κ2) is 13.5. The van der Waals surface area contributed by atoms with E-state index in [1.807, 2.05) is 45.2 Å². The topological polar surface area (TPSA) is 137 Å². The van der Waals surface area contributed by atoms with Crippen molar-refractivity contribution in [2.24, 2.45) is 11.8 Å². The molecule has 0 spiro atoms. The number of likely N-dealkylation sites (N-methyl/N-ethyl adjacent to an activating group) is 1. The molecule has 3 aromatic rings. The molecule has 0 unspecified atom stereocenters. The Morgan fingerprint density at radius 2 is 1.82 bits per heavy atom. The quantitative estimate of drug-likeness (QED) is 0.256. The highest BCUT2D eigenvalue weighted by molar-refractivity contribution is 6.05. The average Bonchev–Trinajstić information content (AvgIpc) is 3.86. The summed E-state index contributed by atoms with van der Waals surface area (Å²) >= 11 is 0. The first kappa shape index (κ1) is 31.0. The van der Waals surface area contributed by atoms with Crippen LogP contribution in [0.4, 0.5) is 17.1 Å². The normalized spacial score (nSPS) is 18.9. The van der Waals surface area contributed by atoms with Gasteiger partial charge in [-0.2, -0.15) is 0 Å². The molecule has 1 heterocycles. The number of anilines is 3. The van der Waals surface area contributed by atoms with Crippen molar-refractivity contribution in [3.8, 4) is 5.75 Å². The predicted octanol–water partition coefficient (Wildman–Crippen LogP) is 4.22. The van der Waals surface area contributed by atoms with Crippen LogP contribution in [-0.2, 0) is 11.3 Å². The van der Waals surface area contributed by atoms with Crippen LogP contribution in [0.25, 0.3) is 0 Å². The molecular formula is C34H41N5O5. The number of amides is 3. The van der Waals surface area contributed by atoms with Gasteiger partial charge in [0.25, 0.3) is 11.8 Å². The van der Waals surface area contributed by atoms with Crippen LogP contribution in [0.5, 0.6) is 5.75 Å². The number of fused-ring (bicyclic) bond motifs is 1. The van der Waals surface area contributed by atoms with E-state index in [9.17, 15) is 19.5 Å². The molecule has 1 aliphatic carbocycles. The first-order valence-electron chi connectivity index (χ1n) is 15.1. The smallest absolute Gasteiger partial charge is 0.258 e. The van der Waals surface area contributed by atoms with Crippen molar-refractivity contribution in [1.29, 1.82) is 0 Å². The maximum atomic E-state index is 13.7. The van der Waals surface area contributed by atoms with Gasteiger partial charge in [0.1, 0.15) is 11.9 Å². The fraction of sp³-hybridized carbons (Fsp3) is 0.382. The number of carbonyl (C=O) groups excluding carboxylic acids is 3. The summed E-state index contributed by atoms with van der Waals surface area (Å²) in [5.41, 5.74) is 9.52. The predicted molar refractivity (Wildman–Crippen MR) is 171 cm³/mol.